The molecule has 0 radical (unpaired) electrons. The molecule has 0 aliphatic rings. The number of amides is 1. The van der Waals surface area contributed by atoms with E-state index in [-0.39, 0.29) is 18.1 Å². The standard InChI is InChI=1S/C20H26N6O2/c1-5-10-24(4)18-19-23-26(20(28)25(19)11-9-21-18)13-17(27)22-16-8-6-7-15(12-16)14(2)3/h6-9,11-12,14H,5,10,13H2,1-4H3,(H,22,27). The van der Waals surface area contributed by atoms with Crippen LogP contribution < -0.4 is 15.9 Å². The molecule has 0 unspecified atom stereocenters. The van der Waals surface area contributed by atoms with Crippen molar-refractivity contribution in [2.75, 3.05) is 23.8 Å². The first-order valence-corrected chi connectivity index (χ1v) is 9.45. The van der Waals surface area contributed by atoms with Gasteiger partial charge in [0.1, 0.15) is 6.54 Å². The summed E-state index contributed by atoms with van der Waals surface area (Å²) in [7, 11) is 1.91. The quantitative estimate of drug-likeness (QED) is 0.679. The molecule has 2 aromatic heterocycles. The number of anilines is 2. The van der Waals surface area contributed by atoms with Crippen molar-refractivity contribution in [3.8, 4) is 0 Å². The van der Waals surface area contributed by atoms with Crippen molar-refractivity contribution in [3.63, 3.8) is 0 Å². The second-order valence-corrected chi connectivity index (χ2v) is 7.13. The number of benzene rings is 1. The van der Waals surface area contributed by atoms with E-state index in [1.54, 1.807) is 12.4 Å². The van der Waals surface area contributed by atoms with E-state index in [1.165, 1.54) is 9.08 Å². The molecule has 1 aromatic carbocycles. The molecule has 0 aliphatic carbocycles. The second kappa shape index (κ2) is 8.24. The lowest BCUT2D eigenvalue weighted by Crippen LogP contribution is -2.28. The van der Waals surface area contributed by atoms with E-state index < -0.39 is 0 Å². The summed E-state index contributed by atoms with van der Waals surface area (Å²) in [5, 5.41) is 7.19. The fourth-order valence-corrected chi connectivity index (χ4v) is 3.06. The maximum absolute atomic E-state index is 12.6. The monoisotopic (exact) mass is 382 g/mol. The van der Waals surface area contributed by atoms with E-state index in [4.69, 9.17) is 0 Å². The summed E-state index contributed by atoms with van der Waals surface area (Å²) in [5.41, 5.74) is 1.92. The van der Waals surface area contributed by atoms with Crippen LogP contribution in [-0.4, -0.2) is 38.7 Å². The minimum Gasteiger partial charge on any atom is -0.357 e. The average molecular weight is 382 g/mol. The van der Waals surface area contributed by atoms with E-state index in [9.17, 15) is 9.59 Å². The fourth-order valence-electron chi connectivity index (χ4n) is 3.06. The van der Waals surface area contributed by atoms with Gasteiger partial charge < -0.3 is 10.2 Å². The summed E-state index contributed by atoms with van der Waals surface area (Å²) in [4.78, 5) is 31.4. The molecule has 1 N–H and O–H groups in total. The highest BCUT2D eigenvalue weighted by Crippen LogP contribution is 2.18. The van der Waals surface area contributed by atoms with Crippen LogP contribution >= 0.6 is 0 Å². The van der Waals surface area contributed by atoms with Crippen LogP contribution in [0.2, 0.25) is 0 Å². The van der Waals surface area contributed by atoms with Crippen molar-refractivity contribution >= 4 is 23.1 Å². The van der Waals surface area contributed by atoms with Crippen LogP contribution in [0.3, 0.4) is 0 Å². The Bertz CT molecular complexity index is 1040. The molecule has 0 bridgehead atoms. The highest BCUT2D eigenvalue weighted by atomic mass is 16.2. The van der Waals surface area contributed by atoms with Crippen molar-refractivity contribution in [1.82, 2.24) is 19.2 Å². The van der Waals surface area contributed by atoms with E-state index in [2.05, 4.69) is 36.2 Å². The third kappa shape index (κ3) is 4.05. The zero-order valence-electron chi connectivity index (χ0n) is 16.7. The minimum absolute atomic E-state index is 0.163. The van der Waals surface area contributed by atoms with Crippen LogP contribution in [0.25, 0.3) is 5.65 Å². The molecular formula is C20H26N6O2. The highest BCUT2D eigenvalue weighted by Gasteiger charge is 2.16. The summed E-state index contributed by atoms with van der Waals surface area (Å²) < 4.78 is 2.59. The molecule has 3 rings (SSSR count). The van der Waals surface area contributed by atoms with Crippen molar-refractivity contribution in [2.45, 2.75) is 39.7 Å². The summed E-state index contributed by atoms with van der Waals surface area (Å²) in [5.74, 6) is 0.678. The highest BCUT2D eigenvalue weighted by molar-refractivity contribution is 5.90. The van der Waals surface area contributed by atoms with Gasteiger partial charge >= 0.3 is 5.69 Å². The van der Waals surface area contributed by atoms with Gasteiger partial charge in [-0.15, -0.1) is 5.10 Å². The van der Waals surface area contributed by atoms with Gasteiger partial charge in [0.05, 0.1) is 0 Å². The molecule has 0 saturated carbocycles. The van der Waals surface area contributed by atoms with Gasteiger partial charge in [-0.1, -0.05) is 32.9 Å². The van der Waals surface area contributed by atoms with E-state index in [0.717, 1.165) is 18.5 Å². The zero-order valence-corrected chi connectivity index (χ0v) is 16.7. The van der Waals surface area contributed by atoms with Crippen molar-refractivity contribution in [1.29, 1.82) is 0 Å². The Balaban J connectivity index is 1.83. The van der Waals surface area contributed by atoms with Gasteiger partial charge in [0, 0.05) is 31.7 Å². The second-order valence-electron chi connectivity index (χ2n) is 7.13. The number of hydrogen-bond donors (Lipinski definition) is 1. The number of hydrogen-bond acceptors (Lipinski definition) is 5. The minimum atomic E-state index is -0.366. The first kappa shape index (κ1) is 19.6. The molecule has 0 atom stereocenters. The molecule has 148 valence electrons. The maximum Gasteiger partial charge on any atom is 0.350 e. The number of carbonyl (C=O) groups excluding carboxylic acids is 1. The molecule has 0 aliphatic heterocycles. The molecule has 8 nitrogen and oxygen atoms in total. The molecule has 8 heteroatoms. The first-order chi connectivity index (χ1) is 13.4. The third-order valence-electron chi connectivity index (χ3n) is 4.53. The number of rotatable bonds is 7. The Morgan fingerprint density at radius 1 is 1.32 bits per heavy atom. The molecular weight excluding hydrogens is 356 g/mol. The van der Waals surface area contributed by atoms with Gasteiger partial charge in [-0.3, -0.25) is 4.79 Å². The normalized spacial score (nSPS) is 11.2. The average Bonchev–Trinajstić information content (AvgIpc) is 2.97. The molecule has 0 fully saturated rings. The fraction of sp³-hybridized carbons (Fsp3) is 0.400. The van der Waals surface area contributed by atoms with E-state index >= 15 is 0 Å². The van der Waals surface area contributed by atoms with Crippen LogP contribution in [-0.2, 0) is 11.3 Å². The number of aromatic nitrogens is 4. The van der Waals surface area contributed by atoms with Crippen molar-refractivity contribution in [3.05, 3.63) is 52.7 Å². The summed E-state index contributed by atoms with van der Waals surface area (Å²) in [6, 6.07) is 7.70. The largest absolute Gasteiger partial charge is 0.357 e. The lowest BCUT2D eigenvalue weighted by Gasteiger charge is -2.16. The lowest BCUT2D eigenvalue weighted by atomic mass is 10.0. The molecule has 2 heterocycles. The maximum atomic E-state index is 12.6. The lowest BCUT2D eigenvalue weighted by molar-refractivity contribution is -0.117. The Labute approximate surface area is 163 Å². The van der Waals surface area contributed by atoms with Crippen LogP contribution in [0.1, 0.15) is 38.7 Å². The summed E-state index contributed by atoms with van der Waals surface area (Å²) in [6.45, 7) is 6.89. The smallest absolute Gasteiger partial charge is 0.350 e. The number of nitrogens with one attached hydrogen (secondary N) is 1. The van der Waals surface area contributed by atoms with Gasteiger partial charge in [-0.2, -0.15) is 0 Å². The third-order valence-corrected chi connectivity index (χ3v) is 4.53. The van der Waals surface area contributed by atoms with E-state index in [0.29, 0.717) is 23.1 Å². The predicted octanol–water partition coefficient (Wildman–Crippen LogP) is 2.50. The topological polar surface area (TPSA) is 84.5 Å². The van der Waals surface area contributed by atoms with Gasteiger partial charge in [-0.25, -0.2) is 18.9 Å². The Morgan fingerprint density at radius 3 is 2.82 bits per heavy atom. The summed E-state index contributed by atoms with van der Waals surface area (Å²) >= 11 is 0. The van der Waals surface area contributed by atoms with Crippen molar-refractivity contribution in [2.24, 2.45) is 0 Å². The molecule has 0 saturated heterocycles. The molecule has 0 spiro atoms. The predicted molar refractivity (Wildman–Crippen MR) is 110 cm³/mol. The first-order valence-electron chi connectivity index (χ1n) is 9.45. The van der Waals surface area contributed by atoms with Gasteiger partial charge in [0.2, 0.25) is 11.6 Å². The Kier molecular flexibility index (Phi) is 5.77. The van der Waals surface area contributed by atoms with Crippen LogP contribution in [0.4, 0.5) is 11.5 Å². The number of nitrogens with zero attached hydrogens (tertiary/aromatic N) is 5. The van der Waals surface area contributed by atoms with Gasteiger partial charge in [0.15, 0.2) is 5.82 Å². The summed E-state index contributed by atoms with van der Waals surface area (Å²) in [6.07, 6.45) is 4.08. The van der Waals surface area contributed by atoms with Crippen LogP contribution in [0.5, 0.6) is 0 Å². The van der Waals surface area contributed by atoms with Gasteiger partial charge in [-0.05, 0) is 30.0 Å². The van der Waals surface area contributed by atoms with E-state index in [1.807, 2.05) is 36.2 Å². The zero-order chi connectivity index (χ0) is 20.3. The number of carbonyl (C=O) groups is 1. The molecule has 28 heavy (non-hydrogen) atoms. The molecule has 1 amide bonds. The Morgan fingerprint density at radius 2 is 2.11 bits per heavy atom. The Hall–Kier alpha value is -3.16. The van der Waals surface area contributed by atoms with Gasteiger partial charge in [0.25, 0.3) is 0 Å². The van der Waals surface area contributed by atoms with Crippen molar-refractivity contribution < 1.29 is 4.79 Å². The molecule has 3 aromatic rings. The van der Waals surface area contributed by atoms with Crippen LogP contribution in [0.15, 0.2) is 41.5 Å². The number of fused-ring (bicyclic) bond motifs is 1. The SMILES string of the molecule is CCCN(C)c1nccn2c(=O)n(CC(=O)Nc3cccc(C(C)C)c3)nc12. The van der Waals surface area contributed by atoms with Crippen LogP contribution in [0, 0.1) is 0 Å².